The predicted molar refractivity (Wildman–Crippen MR) is 266 cm³/mol. The van der Waals surface area contributed by atoms with Crippen LogP contribution in [0.2, 0.25) is 0 Å². The van der Waals surface area contributed by atoms with E-state index in [2.05, 4.69) is 39.4 Å². The molecule has 3 aromatic carbocycles. The van der Waals surface area contributed by atoms with Gasteiger partial charge in [-0.15, -0.1) is 0 Å². The van der Waals surface area contributed by atoms with Gasteiger partial charge in [-0.05, 0) is 101 Å². The Bertz CT molecular complexity index is 3140. The molecule has 0 aliphatic heterocycles. The molecule has 0 radical (unpaired) electrons. The number of aromatic carboxylic acids is 1. The molecule has 0 atom stereocenters. The van der Waals surface area contributed by atoms with Crippen LogP contribution < -0.4 is 17.2 Å². The average molecular weight is 1020 g/mol. The van der Waals surface area contributed by atoms with Gasteiger partial charge in [0.2, 0.25) is 0 Å². The number of nitrogen functional groups attached to an aromatic ring is 3. The van der Waals surface area contributed by atoms with E-state index in [9.17, 15) is 42.6 Å². The number of carboxylic acids is 1. The third-order valence-corrected chi connectivity index (χ3v) is 13.2. The van der Waals surface area contributed by atoms with Gasteiger partial charge in [0.25, 0.3) is 0 Å². The Hall–Kier alpha value is -7.91. The summed E-state index contributed by atoms with van der Waals surface area (Å²) in [6.45, 7) is 0. The zero-order chi connectivity index (χ0) is 55.1. The first-order chi connectivity index (χ1) is 36.1. The molecule has 3 heterocycles. The van der Waals surface area contributed by atoms with Crippen molar-refractivity contribution in [3.8, 4) is 33.8 Å². The minimum absolute atomic E-state index is 0.0422. The smallest absolute Gasteiger partial charge is 0.340 e. The quantitative estimate of drug-likeness (QED) is 0.0745. The molecule has 9 N–H and O–H groups in total. The van der Waals surface area contributed by atoms with Crippen LogP contribution in [0.5, 0.6) is 0 Å². The Morgan fingerprint density at radius 1 is 0.541 bits per heavy atom. The third-order valence-electron chi connectivity index (χ3n) is 13.2. The summed E-state index contributed by atoms with van der Waals surface area (Å²) in [5.41, 5.74) is 21.2. The van der Waals surface area contributed by atoms with Crippen LogP contribution in [0, 0.1) is 17.5 Å². The summed E-state index contributed by atoms with van der Waals surface area (Å²) >= 11 is 0. The van der Waals surface area contributed by atoms with Crippen LogP contribution >= 0.6 is 0 Å². The normalized spacial score (nSPS) is 21.1. The topological polar surface area (TPSA) is 303 Å². The van der Waals surface area contributed by atoms with Crippen molar-refractivity contribution in [1.82, 2.24) is 29.9 Å². The standard InChI is InChI=1S/C18H20FN3O3.C18H18FN3O3.C17H18FN3O3/c2*1-25-18(24)13-7-4-11(8-14(13)19)16-17(20)21-9-15(22-16)10-2-5-12(23)6-3-10;18-13-7-10(3-6-12(13)17(23)24)15-16(19)20-8-14(21-15)9-1-4-11(22)5-2-9/h4,7-10,12,23H,2-3,5-6H2,1H3,(H2,20,21);4,7-10H,2-3,5-6H2,1H3,(H2,20,21);3,6-9,11,22H,1-2,4-5H2,(H2,19,20)(H,23,24)/i12D;;11D. The number of hydrogen-bond acceptors (Lipinski definition) is 17. The number of esters is 2. The zero-order valence-electron chi connectivity index (χ0n) is 42.5. The number of carboxylic acid groups (broad SMARTS) is 1. The van der Waals surface area contributed by atoms with Crippen molar-refractivity contribution in [2.75, 3.05) is 31.4 Å². The van der Waals surface area contributed by atoms with Gasteiger partial charge in [-0.1, -0.05) is 18.2 Å². The van der Waals surface area contributed by atoms with E-state index in [1.165, 1.54) is 50.6 Å². The molecular weight excluding hydrogens is 964 g/mol. The van der Waals surface area contributed by atoms with E-state index in [0.29, 0.717) is 109 Å². The molecule has 3 saturated carbocycles. The number of ketones is 1. The molecule has 3 aliphatic carbocycles. The third kappa shape index (κ3) is 13.0. The van der Waals surface area contributed by atoms with Crippen molar-refractivity contribution in [1.29, 1.82) is 0 Å². The number of anilines is 3. The number of benzene rings is 3. The van der Waals surface area contributed by atoms with Gasteiger partial charge < -0.3 is 42.0 Å². The number of hydrogen-bond donors (Lipinski definition) is 6. The second-order valence-corrected chi connectivity index (χ2v) is 18.0. The summed E-state index contributed by atoms with van der Waals surface area (Å²) in [6.07, 6.45) is 8.36. The minimum atomic E-state index is -1.39. The predicted octanol–water partition coefficient (Wildman–Crippen LogP) is 8.13. The molecule has 0 bridgehead atoms. The SMILES string of the molecule is COC(=O)c1ccc(-c2nc(C3CCC(=O)CC3)cnc2N)cc1F.[2H]C1(O)CCC(c2cnc(N)c(-c3ccc(C(=O)O)c(F)c3)n2)CC1.[2H]C1(O)CCC(c2cnc(N)c(-c3ccc(C(=O)OC)c(F)c3)n2)CC1. The highest BCUT2D eigenvalue weighted by molar-refractivity contribution is 5.91. The number of aliphatic hydroxyl groups is 2. The largest absolute Gasteiger partial charge is 0.478 e. The molecule has 6 aromatic rings. The maximum absolute atomic E-state index is 14.2. The van der Waals surface area contributed by atoms with Gasteiger partial charge in [-0.2, -0.15) is 0 Å². The number of nitrogens with zero attached hydrogens (tertiary/aromatic N) is 6. The highest BCUT2D eigenvalue weighted by atomic mass is 19.1. The Morgan fingerprint density at radius 2 is 0.851 bits per heavy atom. The van der Waals surface area contributed by atoms with Crippen LogP contribution in [-0.2, 0) is 14.3 Å². The monoisotopic (exact) mass is 1020 g/mol. The number of methoxy groups -OCH3 is 2. The molecule has 21 heteroatoms. The maximum atomic E-state index is 14.2. The summed E-state index contributed by atoms with van der Waals surface area (Å²) in [7, 11) is 2.38. The summed E-state index contributed by atoms with van der Waals surface area (Å²) in [4.78, 5) is 71.3. The van der Waals surface area contributed by atoms with Crippen molar-refractivity contribution in [3.05, 3.63) is 124 Å². The average Bonchev–Trinajstić information content (AvgIpc) is 3.40. The first kappa shape index (κ1) is 51.0. The minimum Gasteiger partial charge on any atom is -0.478 e. The molecule has 0 amide bonds. The highest BCUT2D eigenvalue weighted by Gasteiger charge is 2.27. The van der Waals surface area contributed by atoms with Crippen LogP contribution in [0.3, 0.4) is 0 Å². The second-order valence-electron chi connectivity index (χ2n) is 18.0. The number of carbonyl (C=O) groups is 4. The van der Waals surface area contributed by atoms with Crippen molar-refractivity contribution in [2.24, 2.45) is 0 Å². The second kappa shape index (κ2) is 24.2. The number of carbonyl (C=O) groups excluding carboxylic acids is 3. The molecule has 0 unspecified atom stereocenters. The van der Waals surface area contributed by atoms with E-state index in [4.69, 9.17) is 25.0 Å². The van der Waals surface area contributed by atoms with Crippen LogP contribution in [-0.4, -0.2) is 95.3 Å². The Kier molecular flexibility index (Phi) is 16.7. The van der Waals surface area contributed by atoms with Gasteiger partial charge >= 0.3 is 17.9 Å². The molecule has 3 aliphatic rings. The van der Waals surface area contributed by atoms with Crippen LogP contribution in [0.1, 0.15) is 146 Å². The Labute approximate surface area is 426 Å². The van der Waals surface area contributed by atoms with Gasteiger partial charge in [0.05, 0.1) is 81.5 Å². The molecule has 0 saturated heterocycles. The van der Waals surface area contributed by atoms with Crippen LogP contribution in [0.4, 0.5) is 30.6 Å². The van der Waals surface area contributed by atoms with Crippen molar-refractivity contribution < 1.29 is 59.9 Å². The zero-order valence-corrected chi connectivity index (χ0v) is 40.5. The summed E-state index contributed by atoms with van der Waals surface area (Å²) in [5.74, 6) is -4.17. The molecule has 74 heavy (non-hydrogen) atoms. The van der Waals surface area contributed by atoms with E-state index in [1.54, 1.807) is 30.7 Å². The lowest BCUT2D eigenvalue weighted by Crippen LogP contribution is -2.18. The fourth-order valence-electron chi connectivity index (χ4n) is 8.90. The van der Waals surface area contributed by atoms with Gasteiger partial charge in [0, 0.05) is 47.3 Å². The van der Waals surface area contributed by atoms with Crippen molar-refractivity contribution >= 4 is 41.1 Å². The molecule has 0 spiro atoms. The number of nitrogens with two attached hydrogens (primary N) is 3. The lowest BCUT2D eigenvalue weighted by atomic mass is 9.85. The first-order valence-corrected chi connectivity index (χ1v) is 23.7. The summed E-state index contributed by atoms with van der Waals surface area (Å²) in [6, 6.07) is 11.8. The van der Waals surface area contributed by atoms with Gasteiger partial charge in [-0.3, -0.25) is 4.79 Å². The van der Waals surface area contributed by atoms with E-state index in [0.717, 1.165) is 24.6 Å². The number of ether oxygens (including phenoxy) is 2. The summed E-state index contributed by atoms with van der Waals surface area (Å²) in [5, 5.41) is 28.4. The van der Waals surface area contributed by atoms with Crippen LogP contribution in [0.25, 0.3) is 33.8 Å². The van der Waals surface area contributed by atoms with Crippen molar-refractivity contribution in [3.63, 3.8) is 0 Å². The van der Waals surface area contributed by atoms with E-state index >= 15 is 0 Å². The maximum Gasteiger partial charge on any atom is 0.340 e. The molecular formula is C53H56F3N9O9. The lowest BCUT2D eigenvalue weighted by molar-refractivity contribution is -0.120. The van der Waals surface area contributed by atoms with Crippen molar-refractivity contribution in [2.45, 2.75) is 107 Å². The number of Topliss-reactive ketones (excluding diaryl/α,β-unsaturated/α-hetero) is 1. The van der Waals surface area contributed by atoms with E-state index in [-0.39, 0.29) is 52.1 Å². The molecule has 388 valence electrons. The highest BCUT2D eigenvalue weighted by Crippen LogP contribution is 2.37. The molecule has 3 aromatic heterocycles. The van der Waals surface area contributed by atoms with E-state index in [1.807, 2.05) is 0 Å². The Morgan fingerprint density at radius 3 is 1.15 bits per heavy atom. The lowest BCUT2D eigenvalue weighted by Gasteiger charge is -2.25. The number of rotatable bonds is 9. The summed E-state index contributed by atoms with van der Waals surface area (Å²) < 4.78 is 66.8. The van der Waals surface area contributed by atoms with Gasteiger partial charge in [0.1, 0.15) is 57.8 Å². The van der Waals surface area contributed by atoms with E-state index < -0.39 is 53.1 Å². The fraction of sp³-hybridized carbons (Fsp3) is 0.358. The first-order valence-electron chi connectivity index (χ1n) is 24.7. The molecule has 3 fully saturated rings. The molecule has 18 nitrogen and oxygen atoms in total. The van der Waals surface area contributed by atoms with Gasteiger partial charge in [0.15, 0.2) is 0 Å². The Balaban J connectivity index is 0.000000166. The van der Waals surface area contributed by atoms with Crippen LogP contribution in [0.15, 0.2) is 73.2 Å². The molecule has 9 rings (SSSR count). The fourth-order valence-corrected chi connectivity index (χ4v) is 8.90. The number of aromatic nitrogens is 6. The number of halogens is 3. The van der Waals surface area contributed by atoms with Gasteiger partial charge in [-0.25, -0.2) is 57.5 Å².